The molecule has 0 heterocycles. The fraction of sp³-hybridized carbons (Fsp3) is 0.500. The Morgan fingerprint density at radius 3 is 2.50 bits per heavy atom. The second-order valence-corrected chi connectivity index (χ2v) is 4.22. The van der Waals surface area contributed by atoms with Crippen LogP contribution in [0.1, 0.15) is 18.9 Å². The molecule has 0 saturated heterocycles. The summed E-state index contributed by atoms with van der Waals surface area (Å²) in [4.78, 5) is 13.4. The fourth-order valence-corrected chi connectivity index (χ4v) is 1.83. The van der Waals surface area contributed by atoms with Crippen LogP contribution in [0.3, 0.4) is 0 Å². The third kappa shape index (κ3) is 5.52. The lowest BCUT2D eigenvalue weighted by atomic mass is 10.1. The number of alkyl halides is 2. The van der Waals surface area contributed by atoms with Crippen LogP contribution in [0.5, 0.6) is 5.75 Å². The van der Waals surface area contributed by atoms with Gasteiger partial charge in [0.05, 0.1) is 6.61 Å². The molecule has 0 radical (unpaired) electrons. The molecule has 1 rings (SSSR count). The van der Waals surface area contributed by atoms with Crippen molar-refractivity contribution in [3.05, 3.63) is 29.8 Å². The maximum atomic E-state index is 12.0. The van der Waals surface area contributed by atoms with Crippen LogP contribution < -0.4 is 4.74 Å². The molecule has 0 fully saturated rings. The minimum Gasteiger partial charge on any atom is -0.435 e. The first kappa shape index (κ1) is 16.4. The Kier molecular flexibility index (Phi) is 6.93. The van der Waals surface area contributed by atoms with E-state index in [0.29, 0.717) is 25.9 Å². The molecule has 0 aromatic heterocycles. The number of aliphatic hydroxyl groups excluding tert-OH is 1. The van der Waals surface area contributed by atoms with E-state index in [0.717, 1.165) is 5.56 Å². The molecule has 0 saturated carbocycles. The van der Waals surface area contributed by atoms with Crippen LogP contribution in [0.25, 0.3) is 0 Å². The van der Waals surface area contributed by atoms with Crippen LogP contribution in [0, 0.1) is 0 Å². The highest BCUT2D eigenvalue weighted by Crippen LogP contribution is 2.16. The lowest BCUT2D eigenvalue weighted by molar-refractivity contribution is -0.131. The first-order chi connectivity index (χ1) is 9.56. The number of carbonyl (C=O) groups excluding carboxylic acids is 1. The van der Waals surface area contributed by atoms with E-state index < -0.39 is 6.61 Å². The Balaban J connectivity index is 2.47. The molecule has 0 aliphatic rings. The van der Waals surface area contributed by atoms with Gasteiger partial charge in [0, 0.05) is 19.5 Å². The highest BCUT2D eigenvalue weighted by molar-refractivity contribution is 5.76. The van der Waals surface area contributed by atoms with Crippen molar-refractivity contribution in [3.8, 4) is 5.75 Å². The Morgan fingerprint density at radius 2 is 2.00 bits per heavy atom. The average Bonchev–Trinajstić information content (AvgIpc) is 2.43. The van der Waals surface area contributed by atoms with Gasteiger partial charge in [-0.05, 0) is 31.0 Å². The number of halogens is 2. The average molecular weight is 287 g/mol. The number of aliphatic hydroxyl groups is 1. The van der Waals surface area contributed by atoms with Gasteiger partial charge >= 0.3 is 6.61 Å². The lowest BCUT2D eigenvalue weighted by Gasteiger charge is -2.19. The summed E-state index contributed by atoms with van der Waals surface area (Å²) >= 11 is 0. The molecular formula is C14H19F2NO3. The van der Waals surface area contributed by atoms with Gasteiger partial charge in [-0.1, -0.05) is 12.1 Å². The zero-order valence-electron chi connectivity index (χ0n) is 11.4. The van der Waals surface area contributed by atoms with Gasteiger partial charge in [-0.2, -0.15) is 8.78 Å². The van der Waals surface area contributed by atoms with E-state index in [1.165, 1.54) is 12.1 Å². The van der Waals surface area contributed by atoms with Crippen molar-refractivity contribution in [2.75, 3.05) is 19.7 Å². The third-order valence-electron chi connectivity index (χ3n) is 2.88. The molecule has 1 amide bonds. The molecular weight excluding hydrogens is 268 g/mol. The molecule has 0 bridgehead atoms. The van der Waals surface area contributed by atoms with Crippen LogP contribution in [0.4, 0.5) is 8.78 Å². The van der Waals surface area contributed by atoms with Crippen molar-refractivity contribution in [1.29, 1.82) is 0 Å². The van der Waals surface area contributed by atoms with E-state index >= 15 is 0 Å². The van der Waals surface area contributed by atoms with E-state index in [1.807, 2.05) is 6.92 Å². The highest BCUT2D eigenvalue weighted by atomic mass is 19.3. The van der Waals surface area contributed by atoms with Crippen LogP contribution in [-0.2, 0) is 11.2 Å². The van der Waals surface area contributed by atoms with Gasteiger partial charge in [-0.15, -0.1) is 0 Å². The fourth-order valence-electron chi connectivity index (χ4n) is 1.83. The Bertz CT molecular complexity index is 409. The van der Waals surface area contributed by atoms with E-state index in [1.54, 1.807) is 17.0 Å². The van der Waals surface area contributed by atoms with Crippen LogP contribution in [0.15, 0.2) is 24.3 Å². The summed E-state index contributed by atoms with van der Waals surface area (Å²) in [5.74, 6) is 0.0694. The van der Waals surface area contributed by atoms with Gasteiger partial charge in [0.1, 0.15) is 5.75 Å². The Labute approximate surface area is 117 Å². The Hall–Kier alpha value is -1.69. The van der Waals surface area contributed by atoms with Gasteiger partial charge in [0.25, 0.3) is 0 Å². The normalized spacial score (nSPS) is 10.7. The first-order valence-electron chi connectivity index (χ1n) is 6.49. The second kappa shape index (κ2) is 8.47. The zero-order valence-corrected chi connectivity index (χ0v) is 11.4. The summed E-state index contributed by atoms with van der Waals surface area (Å²) in [6, 6.07) is 6.23. The zero-order chi connectivity index (χ0) is 15.0. The number of ether oxygens (including phenoxy) is 1. The quantitative estimate of drug-likeness (QED) is 0.796. The molecule has 4 nitrogen and oxygen atoms in total. The van der Waals surface area contributed by atoms with Crippen LogP contribution >= 0.6 is 0 Å². The molecule has 112 valence electrons. The number of carbonyl (C=O) groups is 1. The highest BCUT2D eigenvalue weighted by Gasteiger charge is 2.11. The van der Waals surface area contributed by atoms with Gasteiger partial charge in [0.2, 0.25) is 5.91 Å². The maximum Gasteiger partial charge on any atom is 0.387 e. The summed E-state index contributed by atoms with van der Waals surface area (Å²) in [6.07, 6.45) is 0.846. The molecule has 1 aromatic rings. The minimum absolute atomic E-state index is 0.0329. The Morgan fingerprint density at radius 1 is 1.35 bits per heavy atom. The molecule has 0 unspecified atom stereocenters. The number of nitrogens with zero attached hydrogens (tertiary/aromatic N) is 1. The summed E-state index contributed by atoms with van der Waals surface area (Å²) in [5, 5.41) is 8.84. The van der Waals surface area contributed by atoms with Crippen LogP contribution in [0.2, 0.25) is 0 Å². The van der Waals surface area contributed by atoms with E-state index in [4.69, 9.17) is 5.11 Å². The number of likely N-dealkylation sites (N-methyl/N-ethyl adjacent to an activating group) is 1. The van der Waals surface area contributed by atoms with Crippen molar-refractivity contribution in [1.82, 2.24) is 4.90 Å². The van der Waals surface area contributed by atoms with Gasteiger partial charge < -0.3 is 14.7 Å². The number of benzene rings is 1. The van der Waals surface area contributed by atoms with E-state index in [-0.39, 0.29) is 18.3 Å². The maximum absolute atomic E-state index is 12.0. The van der Waals surface area contributed by atoms with Crippen molar-refractivity contribution in [2.24, 2.45) is 0 Å². The summed E-state index contributed by atoms with van der Waals surface area (Å²) in [7, 11) is 0. The van der Waals surface area contributed by atoms with Crippen molar-refractivity contribution in [3.63, 3.8) is 0 Å². The van der Waals surface area contributed by atoms with Crippen molar-refractivity contribution >= 4 is 5.91 Å². The number of hydrogen-bond donors (Lipinski definition) is 1. The molecule has 1 N–H and O–H groups in total. The first-order valence-corrected chi connectivity index (χ1v) is 6.49. The lowest BCUT2D eigenvalue weighted by Crippen LogP contribution is -2.33. The number of amides is 1. The minimum atomic E-state index is -2.83. The smallest absolute Gasteiger partial charge is 0.387 e. The topological polar surface area (TPSA) is 49.8 Å². The van der Waals surface area contributed by atoms with Gasteiger partial charge in [-0.3, -0.25) is 4.79 Å². The monoisotopic (exact) mass is 287 g/mol. The van der Waals surface area contributed by atoms with Gasteiger partial charge in [-0.25, -0.2) is 0 Å². The van der Waals surface area contributed by atoms with E-state index in [2.05, 4.69) is 4.74 Å². The van der Waals surface area contributed by atoms with Gasteiger partial charge in [0.15, 0.2) is 0 Å². The summed E-state index contributed by atoms with van der Waals surface area (Å²) in [6.45, 7) is -0.153. The molecule has 0 aliphatic carbocycles. The largest absolute Gasteiger partial charge is 0.435 e. The number of rotatable bonds is 8. The molecule has 20 heavy (non-hydrogen) atoms. The SMILES string of the molecule is CCN(CCO)C(=O)CCc1ccc(OC(F)F)cc1. The molecule has 6 heteroatoms. The second-order valence-electron chi connectivity index (χ2n) is 4.22. The summed E-state index contributed by atoms with van der Waals surface area (Å²) < 4.78 is 28.2. The predicted octanol–water partition coefficient (Wildman–Crippen LogP) is 2.06. The number of aryl methyl sites for hydroxylation is 1. The molecule has 1 aromatic carbocycles. The van der Waals surface area contributed by atoms with Crippen LogP contribution in [-0.4, -0.2) is 42.2 Å². The standard InChI is InChI=1S/C14H19F2NO3/c1-2-17(9-10-18)13(19)8-5-11-3-6-12(7-4-11)20-14(15)16/h3-4,6-7,14,18H,2,5,8-10H2,1H3. The molecule has 0 atom stereocenters. The predicted molar refractivity (Wildman–Crippen MR) is 70.7 cm³/mol. The molecule has 0 aliphatic heterocycles. The number of hydrogen-bond acceptors (Lipinski definition) is 3. The van der Waals surface area contributed by atoms with E-state index in [9.17, 15) is 13.6 Å². The summed E-state index contributed by atoms with van der Waals surface area (Å²) in [5.41, 5.74) is 0.875. The molecule has 0 spiro atoms. The third-order valence-corrected chi connectivity index (χ3v) is 2.88. The van der Waals surface area contributed by atoms with Crippen molar-refractivity contribution in [2.45, 2.75) is 26.4 Å². The van der Waals surface area contributed by atoms with Crippen molar-refractivity contribution < 1.29 is 23.4 Å².